The van der Waals surface area contributed by atoms with Crippen molar-refractivity contribution in [3.05, 3.63) is 106 Å². The van der Waals surface area contributed by atoms with Gasteiger partial charge in [0.25, 0.3) is 10.0 Å². The summed E-state index contributed by atoms with van der Waals surface area (Å²) in [4.78, 5) is 1.12. The summed E-state index contributed by atoms with van der Waals surface area (Å²) in [5.41, 5.74) is 1.89. The molecule has 0 aromatic heterocycles. The Hall–Kier alpha value is -2.65. The molecule has 0 amide bonds. The molecule has 2 atom stereocenters. The van der Waals surface area contributed by atoms with Crippen LogP contribution in [-0.2, 0) is 31.0 Å². The van der Waals surface area contributed by atoms with Gasteiger partial charge < -0.3 is 4.13 Å². The molecule has 0 bridgehead atoms. The van der Waals surface area contributed by atoms with E-state index in [2.05, 4.69) is 7.90 Å². The predicted molar refractivity (Wildman–Crippen MR) is 137 cm³/mol. The molecule has 0 aliphatic carbocycles. The third-order valence-electron chi connectivity index (χ3n) is 5.12. The number of rotatable bonds is 6. The zero-order chi connectivity index (χ0) is 23.6. The normalized spacial score (nSPS) is 14.5. The lowest BCUT2D eigenvalue weighted by molar-refractivity contribution is 0.598. The Morgan fingerprint density at radius 1 is 0.697 bits per heavy atom. The van der Waals surface area contributed by atoms with Gasteiger partial charge in [-0.1, -0.05) is 59.7 Å². The molecule has 170 valence electrons. The predicted octanol–water partition coefficient (Wildman–Crippen LogP) is 6.18. The zero-order valence-electron chi connectivity index (χ0n) is 18.5. The van der Waals surface area contributed by atoms with Crippen molar-refractivity contribution >= 4 is 41.8 Å². The molecular formula is C25H24N2O3S3. The molecule has 4 aromatic carbocycles. The van der Waals surface area contributed by atoms with Crippen molar-refractivity contribution in [3.8, 4) is 0 Å². The number of benzene rings is 4. The van der Waals surface area contributed by atoms with Crippen LogP contribution in [-0.4, -0.2) is 18.9 Å². The van der Waals surface area contributed by atoms with Gasteiger partial charge in [-0.2, -0.15) is 8.42 Å². The Morgan fingerprint density at radius 3 is 1.85 bits per heavy atom. The maximum Gasteiger partial charge on any atom is 0.289 e. The van der Waals surface area contributed by atoms with E-state index in [-0.39, 0.29) is 9.79 Å². The Bertz CT molecular complexity index is 1520. The number of hydrogen-bond acceptors (Lipinski definition) is 3. The van der Waals surface area contributed by atoms with E-state index in [0.717, 1.165) is 26.8 Å². The van der Waals surface area contributed by atoms with Crippen LogP contribution in [0.15, 0.2) is 109 Å². The second-order valence-electron chi connectivity index (χ2n) is 7.73. The third kappa shape index (κ3) is 5.30. The van der Waals surface area contributed by atoms with E-state index < -0.39 is 31.0 Å². The van der Waals surface area contributed by atoms with Crippen LogP contribution in [0.3, 0.4) is 0 Å². The van der Waals surface area contributed by atoms with Crippen molar-refractivity contribution in [1.29, 1.82) is 0 Å². The number of fused-ring (bicyclic) bond motifs is 1. The van der Waals surface area contributed by atoms with Gasteiger partial charge in [0, 0.05) is 20.9 Å². The molecule has 0 aliphatic rings. The Labute approximate surface area is 198 Å². The highest BCUT2D eigenvalue weighted by molar-refractivity contribution is 8.17. The van der Waals surface area contributed by atoms with E-state index in [9.17, 15) is 12.6 Å². The first kappa shape index (κ1) is 23.5. The summed E-state index contributed by atoms with van der Waals surface area (Å²) in [7, 11) is -7.82. The fourth-order valence-electron chi connectivity index (χ4n) is 3.25. The van der Waals surface area contributed by atoms with Gasteiger partial charge in [-0.05, 0) is 72.1 Å². The van der Waals surface area contributed by atoms with Crippen molar-refractivity contribution < 1.29 is 12.6 Å². The molecule has 0 spiro atoms. The summed E-state index contributed by atoms with van der Waals surface area (Å²) in [6.07, 6.45) is 1.83. The van der Waals surface area contributed by atoms with E-state index >= 15 is 0 Å². The van der Waals surface area contributed by atoms with Crippen molar-refractivity contribution in [1.82, 2.24) is 0 Å². The molecule has 33 heavy (non-hydrogen) atoms. The summed E-state index contributed by atoms with van der Waals surface area (Å²) in [6, 6.07) is 27.0. The lowest BCUT2D eigenvalue weighted by atomic mass is 10.1. The van der Waals surface area contributed by atoms with Gasteiger partial charge in [-0.15, -0.1) is 3.77 Å². The molecule has 5 nitrogen and oxygen atoms in total. The average Bonchev–Trinajstić information content (AvgIpc) is 2.79. The Morgan fingerprint density at radius 2 is 1.24 bits per heavy atom. The first-order valence-corrected chi connectivity index (χ1v) is 14.7. The molecular weight excluding hydrogens is 472 g/mol. The Kier molecular flexibility index (Phi) is 6.63. The summed E-state index contributed by atoms with van der Waals surface area (Å²) < 4.78 is 48.7. The first-order chi connectivity index (χ1) is 15.7. The highest BCUT2D eigenvalue weighted by atomic mass is 32.3. The number of nitrogens with zero attached hydrogens (tertiary/aromatic N) is 2. The SMILES string of the molecule is Cc1ccc(S(=O)(=O)N=S(=O)([N-][S+](C)c2ccc3ccccc3c2)c2ccc(C)cc2)cc1. The third-order valence-corrected chi connectivity index (χ3v) is 11.1. The van der Waals surface area contributed by atoms with Gasteiger partial charge in [0.2, 0.25) is 0 Å². The highest BCUT2D eigenvalue weighted by Crippen LogP contribution is 2.32. The molecule has 0 saturated heterocycles. The first-order valence-electron chi connectivity index (χ1n) is 10.2. The molecule has 0 radical (unpaired) electrons. The monoisotopic (exact) mass is 496 g/mol. The smallest absolute Gasteiger partial charge is 0.289 e. The molecule has 4 aromatic rings. The lowest BCUT2D eigenvalue weighted by Gasteiger charge is -2.23. The summed E-state index contributed by atoms with van der Waals surface area (Å²) in [5.74, 6) is 0. The second kappa shape index (κ2) is 9.30. The summed E-state index contributed by atoms with van der Waals surface area (Å²) in [6.45, 7) is 3.77. The zero-order valence-corrected chi connectivity index (χ0v) is 21.0. The Balaban J connectivity index is 1.80. The maximum atomic E-state index is 14.1. The van der Waals surface area contributed by atoms with Crippen LogP contribution in [0.1, 0.15) is 11.1 Å². The quantitative estimate of drug-likeness (QED) is 0.299. The molecule has 2 unspecified atom stereocenters. The highest BCUT2D eigenvalue weighted by Gasteiger charge is 2.20. The standard InChI is InChI=1S/C25H24N2O3S3/c1-19-8-14-24(15-9-19)32(28,27-33(29,30)25-16-10-20(2)11-17-25)26-31(3)23-13-12-21-6-4-5-7-22(21)18-23/h4-18H,1-3H3. The van der Waals surface area contributed by atoms with E-state index in [1.54, 1.807) is 36.4 Å². The van der Waals surface area contributed by atoms with Crippen LogP contribution in [0.5, 0.6) is 0 Å². The van der Waals surface area contributed by atoms with Crippen LogP contribution in [0.4, 0.5) is 0 Å². The number of hydrogen-bond donors (Lipinski definition) is 0. The molecule has 8 heteroatoms. The summed E-state index contributed by atoms with van der Waals surface area (Å²) in [5, 5.41) is 2.12. The number of sulfonamides is 1. The van der Waals surface area contributed by atoms with Gasteiger partial charge >= 0.3 is 0 Å². The molecule has 0 heterocycles. The van der Waals surface area contributed by atoms with Crippen LogP contribution in [0, 0.1) is 13.8 Å². The van der Waals surface area contributed by atoms with E-state index in [1.807, 2.05) is 62.6 Å². The maximum absolute atomic E-state index is 14.1. The van der Waals surface area contributed by atoms with Crippen LogP contribution >= 0.6 is 0 Å². The van der Waals surface area contributed by atoms with E-state index in [4.69, 9.17) is 0 Å². The van der Waals surface area contributed by atoms with Gasteiger partial charge in [0.1, 0.15) is 4.90 Å². The van der Waals surface area contributed by atoms with E-state index in [0.29, 0.717) is 0 Å². The average molecular weight is 497 g/mol. The number of aryl methyl sites for hydroxylation is 2. The second-order valence-corrected chi connectivity index (χ2v) is 13.2. The minimum Gasteiger partial charge on any atom is -0.324 e. The fraction of sp³-hybridized carbons (Fsp3) is 0.120. The van der Waals surface area contributed by atoms with Crippen molar-refractivity contribution in [2.24, 2.45) is 3.77 Å². The lowest BCUT2D eigenvalue weighted by Crippen LogP contribution is -2.10. The largest absolute Gasteiger partial charge is 0.324 e. The molecule has 4 rings (SSSR count). The minimum atomic E-state index is -4.20. The topological polar surface area (TPSA) is 77.7 Å². The van der Waals surface area contributed by atoms with Crippen molar-refractivity contribution in [2.75, 3.05) is 6.26 Å². The van der Waals surface area contributed by atoms with Crippen molar-refractivity contribution in [2.45, 2.75) is 28.5 Å². The van der Waals surface area contributed by atoms with Crippen LogP contribution in [0.25, 0.3) is 14.9 Å². The molecule has 0 saturated carbocycles. The minimum absolute atomic E-state index is 0.00942. The van der Waals surface area contributed by atoms with Gasteiger partial charge in [0.15, 0.2) is 0 Å². The molecule has 0 fully saturated rings. The van der Waals surface area contributed by atoms with Crippen molar-refractivity contribution in [3.63, 3.8) is 0 Å². The van der Waals surface area contributed by atoms with Crippen LogP contribution in [0.2, 0.25) is 0 Å². The van der Waals surface area contributed by atoms with Gasteiger partial charge in [-0.3, -0.25) is 4.21 Å². The van der Waals surface area contributed by atoms with E-state index in [1.165, 1.54) is 12.1 Å². The fourth-order valence-corrected chi connectivity index (χ4v) is 8.79. The summed E-state index contributed by atoms with van der Waals surface area (Å²) >= 11 is -0.868. The van der Waals surface area contributed by atoms with Gasteiger partial charge in [-0.25, -0.2) is 0 Å². The van der Waals surface area contributed by atoms with Crippen LogP contribution < -0.4 is 0 Å². The van der Waals surface area contributed by atoms with Gasteiger partial charge in [0.05, 0.1) is 11.2 Å². The molecule has 0 N–H and O–H groups in total. The molecule has 0 aliphatic heterocycles.